The summed E-state index contributed by atoms with van der Waals surface area (Å²) in [5, 5.41) is 0. The van der Waals surface area contributed by atoms with E-state index in [1.165, 1.54) is 25.7 Å². The van der Waals surface area contributed by atoms with Crippen LogP contribution in [0.3, 0.4) is 0 Å². The van der Waals surface area contributed by atoms with E-state index < -0.39 is 31.9 Å². The summed E-state index contributed by atoms with van der Waals surface area (Å²) in [6.45, 7) is 4.58. The van der Waals surface area contributed by atoms with Gasteiger partial charge in [-0.15, -0.1) is 0 Å². The molecule has 15 heavy (non-hydrogen) atoms. The van der Waals surface area contributed by atoms with Crippen LogP contribution in [0.1, 0.15) is 39.5 Å². The van der Waals surface area contributed by atoms with Gasteiger partial charge in [0.05, 0.1) is 0 Å². The topological polar surface area (TPSA) is 0 Å². The molecule has 0 aliphatic heterocycles. The zero-order valence-corrected chi connectivity index (χ0v) is 13.3. The minimum absolute atomic E-state index is 0.785. The van der Waals surface area contributed by atoms with Crippen molar-refractivity contribution >= 4 is 0 Å². The number of allylic oxidation sites excluding steroid dienone is 8. The standard InChI is InChI=1S/2C7H9.La/c2*1-2-7-5-3-4-6-7;/h2*3,5H,2,4H2,1H3;. The summed E-state index contributed by atoms with van der Waals surface area (Å²) in [5.74, 6) is 0. The van der Waals surface area contributed by atoms with Crippen LogP contribution in [0, 0.1) is 31.9 Å². The molecule has 2 rings (SSSR count). The molecule has 0 atom stereocenters. The molecule has 0 heterocycles. The second-order valence-corrected chi connectivity index (χ2v) is 9.45. The zero-order chi connectivity index (χ0) is 10.7. The maximum absolute atomic E-state index is 2.36. The third kappa shape index (κ3) is 2.64. The SMILES string of the molecule is CCC1=[C]([La][C]2=C(CC)C=CC2)CC=C1. The molecule has 0 radical (unpaired) electrons. The molecule has 0 amide bonds. The van der Waals surface area contributed by atoms with E-state index in [-0.39, 0.29) is 0 Å². The van der Waals surface area contributed by atoms with Crippen LogP contribution < -0.4 is 0 Å². The molecule has 1 heteroatoms. The number of hydrogen-bond acceptors (Lipinski definition) is 0. The van der Waals surface area contributed by atoms with Crippen LogP contribution in [0.25, 0.3) is 0 Å². The molecule has 77 valence electrons. The van der Waals surface area contributed by atoms with Crippen molar-refractivity contribution in [3.05, 3.63) is 39.4 Å². The fourth-order valence-corrected chi connectivity index (χ4v) is 8.30. The van der Waals surface area contributed by atoms with Gasteiger partial charge < -0.3 is 0 Å². The molecule has 2 aliphatic carbocycles. The van der Waals surface area contributed by atoms with E-state index in [4.69, 9.17) is 0 Å². The third-order valence-corrected chi connectivity index (χ3v) is 9.25. The molecular weight excluding hydrogens is 307 g/mol. The Bertz CT molecular complexity index is 331. The molecule has 0 saturated heterocycles. The summed E-state index contributed by atoms with van der Waals surface area (Å²) >= 11 is -0.785. The molecule has 0 aromatic carbocycles. The van der Waals surface area contributed by atoms with E-state index in [1.807, 2.05) is 3.95 Å². The Morgan fingerprint density at radius 3 is 1.80 bits per heavy atom. The van der Waals surface area contributed by atoms with Gasteiger partial charge in [0.1, 0.15) is 0 Å². The van der Waals surface area contributed by atoms with Crippen LogP contribution in [0.2, 0.25) is 0 Å². The van der Waals surface area contributed by atoms with E-state index in [2.05, 4.69) is 38.2 Å². The molecule has 0 aromatic heterocycles. The van der Waals surface area contributed by atoms with Gasteiger partial charge in [-0.3, -0.25) is 0 Å². The molecule has 0 N–H and O–H groups in total. The predicted octanol–water partition coefficient (Wildman–Crippen LogP) is 4.32. The van der Waals surface area contributed by atoms with Crippen LogP contribution in [0.5, 0.6) is 0 Å². The van der Waals surface area contributed by atoms with Crippen molar-refractivity contribution in [2.45, 2.75) is 39.5 Å². The number of rotatable bonds is 4. The summed E-state index contributed by atoms with van der Waals surface area (Å²) in [4.78, 5) is 0. The van der Waals surface area contributed by atoms with Crippen molar-refractivity contribution in [1.29, 1.82) is 0 Å². The van der Waals surface area contributed by atoms with E-state index in [0.29, 0.717) is 0 Å². The van der Waals surface area contributed by atoms with E-state index in [1.54, 1.807) is 11.1 Å². The minimum atomic E-state index is -0.785. The van der Waals surface area contributed by atoms with Crippen molar-refractivity contribution in [2.24, 2.45) is 0 Å². The van der Waals surface area contributed by atoms with Crippen LogP contribution in [0.15, 0.2) is 39.4 Å². The van der Waals surface area contributed by atoms with Gasteiger partial charge in [-0.05, 0) is 0 Å². The van der Waals surface area contributed by atoms with E-state index >= 15 is 0 Å². The van der Waals surface area contributed by atoms with Gasteiger partial charge in [0.15, 0.2) is 0 Å². The Morgan fingerprint density at radius 2 is 1.40 bits per heavy atom. The molecule has 0 bridgehead atoms. The van der Waals surface area contributed by atoms with Gasteiger partial charge >= 0.3 is 111 Å². The normalized spacial score (nSPS) is 19.3. The summed E-state index contributed by atoms with van der Waals surface area (Å²) in [7, 11) is 0. The first-order valence-corrected chi connectivity index (χ1v) is 9.59. The average molecular weight is 325 g/mol. The van der Waals surface area contributed by atoms with Gasteiger partial charge in [-0.25, -0.2) is 0 Å². The fourth-order valence-electron chi connectivity index (χ4n) is 2.34. The Kier molecular flexibility index (Phi) is 4.25. The van der Waals surface area contributed by atoms with Crippen LogP contribution >= 0.6 is 0 Å². The Morgan fingerprint density at radius 1 is 0.933 bits per heavy atom. The second kappa shape index (κ2) is 5.47. The molecule has 0 unspecified atom stereocenters. The molecule has 0 aromatic rings. The molecule has 2 aliphatic rings. The molecule has 0 saturated carbocycles. The van der Waals surface area contributed by atoms with Crippen LogP contribution in [-0.4, -0.2) is 0 Å². The maximum atomic E-state index is 2.36. The van der Waals surface area contributed by atoms with Gasteiger partial charge in [0.25, 0.3) is 0 Å². The Balaban J connectivity index is 2.10. The average Bonchev–Trinajstić information content (AvgIpc) is 2.87. The van der Waals surface area contributed by atoms with Crippen LogP contribution in [0.4, 0.5) is 0 Å². The second-order valence-electron chi connectivity index (χ2n) is 4.17. The first kappa shape index (κ1) is 11.6. The zero-order valence-electron chi connectivity index (χ0n) is 9.72. The van der Waals surface area contributed by atoms with Gasteiger partial charge in [0.2, 0.25) is 0 Å². The molecule has 0 nitrogen and oxygen atoms in total. The molecular formula is C14H18La. The summed E-state index contributed by atoms with van der Waals surface area (Å²) in [5.41, 5.74) is 3.33. The summed E-state index contributed by atoms with van der Waals surface area (Å²) < 4.78 is 3.73. The quantitative estimate of drug-likeness (QED) is 0.722. The van der Waals surface area contributed by atoms with Gasteiger partial charge in [0, 0.05) is 0 Å². The molecule has 0 fully saturated rings. The predicted molar refractivity (Wildman–Crippen MR) is 62.1 cm³/mol. The fraction of sp³-hybridized carbons (Fsp3) is 0.429. The first-order chi connectivity index (χ1) is 7.35. The van der Waals surface area contributed by atoms with Gasteiger partial charge in [-0.1, -0.05) is 0 Å². The van der Waals surface area contributed by atoms with Crippen molar-refractivity contribution in [3.8, 4) is 0 Å². The first-order valence-electron chi connectivity index (χ1n) is 5.97. The Hall–Kier alpha value is 0.155. The molecule has 0 spiro atoms. The van der Waals surface area contributed by atoms with Crippen molar-refractivity contribution in [2.75, 3.05) is 0 Å². The monoisotopic (exact) mass is 325 g/mol. The van der Waals surface area contributed by atoms with E-state index in [0.717, 1.165) is 0 Å². The van der Waals surface area contributed by atoms with Crippen molar-refractivity contribution in [1.82, 2.24) is 0 Å². The van der Waals surface area contributed by atoms with Crippen LogP contribution in [-0.2, 0) is 0 Å². The Labute approximate surface area is 110 Å². The summed E-state index contributed by atoms with van der Waals surface area (Å²) in [6.07, 6.45) is 14.5. The number of hydrogen-bond donors (Lipinski definition) is 0. The van der Waals surface area contributed by atoms with E-state index in [9.17, 15) is 0 Å². The van der Waals surface area contributed by atoms with Crippen molar-refractivity contribution in [3.63, 3.8) is 0 Å². The third-order valence-electron chi connectivity index (χ3n) is 3.25. The van der Waals surface area contributed by atoms with Gasteiger partial charge in [-0.2, -0.15) is 0 Å². The van der Waals surface area contributed by atoms with Crippen molar-refractivity contribution < 1.29 is 31.9 Å². The summed E-state index contributed by atoms with van der Waals surface area (Å²) in [6, 6.07) is 0.